The molecule has 172 valence electrons. The largest absolute Gasteiger partial charge is 0.373 e. The third-order valence-electron chi connectivity index (χ3n) is 5.70. The van der Waals surface area contributed by atoms with Crippen molar-refractivity contribution < 1.29 is 4.79 Å². The molecule has 1 saturated heterocycles. The lowest BCUT2D eigenvalue weighted by molar-refractivity contribution is -0.125. The fourth-order valence-electron chi connectivity index (χ4n) is 3.99. The van der Waals surface area contributed by atoms with Gasteiger partial charge in [-0.15, -0.1) is 0 Å². The van der Waals surface area contributed by atoms with Gasteiger partial charge in [0.1, 0.15) is 11.5 Å². The zero-order chi connectivity index (χ0) is 23.1. The predicted molar refractivity (Wildman–Crippen MR) is 130 cm³/mol. The Balaban J connectivity index is 1.74. The van der Waals surface area contributed by atoms with Crippen molar-refractivity contribution in [2.24, 2.45) is 0 Å². The average molecular weight is 439 g/mol. The number of aromatic nitrogens is 2. The van der Waals surface area contributed by atoms with Gasteiger partial charge < -0.3 is 25.4 Å². The van der Waals surface area contributed by atoms with E-state index in [4.69, 9.17) is 0 Å². The van der Waals surface area contributed by atoms with Gasteiger partial charge in [0.15, 0.2) is 0 Å². The van der Waals surface area contributed by atoms with Crippen LogP contribution in [-0.4, -0.2) is 66.1 Å². The first-order chi connectivity index (χ1) is 15.4. The Bertz CT molecular complexity index is 1000. The van der Waals surface area contributed by atoms with Crippen LogP contribution in [0.15, 0.2) is 47.5 Å². The summed E-state index contributed by atoms with van der Waals surface area (Å²) in [5, 5.41) is 6.31. The molecule has 3 heterocycles. The normalized spacial score (nSPS) is 16.2. The van der Waals surface area contributed by atoms with E-state index in [0.717, 1.165) is 23.4 Å². The number of aromatic amines is 1. The van der Waals surface area contributed by atoms with Crippen LogP contribution in [0.5, 0.6) is 0 Å². The fourth-order valence-corrected chi connectivity index (χ4v) is 3.99. The summed E-state index contributed by atoms with van der Waals surface area (Å²) in [6.45, 7) is 8.85. The Morgan fingerprint density at radius 1 is 1.38 bits per heavy atom. The van der Waals surface area contributed by atoms with Crippen LogP contribution in [0.1, 0.15) is 27.2 Å². The van der Waals surface area contributed by atoms with Gasteiger partial charge in [-0.05, 0) is 37.1 Å². The van der Waals surface area contributed by atoms with E-state index in [1.165, 1.54) is 0 Å². The first-order valence-electron chi connectivity index (χ1n) is 11.2. The Labute approximate surface area is 189 Å². The molecule has 0 bridgehead atoms. The van der Waals surface area contributed by atoms with Crippen LogP contribution in [0.3, 0.4) is 0 Å². The molecule has 0 aliphatic carbocycles. The van der Waals surface area contributed by atoms with Crippen LogP contribution in [0.4, 0.5) is 11.5 Å². The number of nitrogens with one attached hydrogen (secondary N) is 3. The van der Waals surface area contributed by atoms with E-state index in [-0.39, 0.29) is 17.5 Å². The molecule has 8 heteroatoms. The highest BCUT2D eigenvalue weighted by Crippen LogP contribution is 2.26. The van der Waals surface area contributed by atoms with Gasteiger partial charge in [0.25, 0.3) is 5.56 Å². The van der Waals surface area contributed by atoms with Crippen molar-refractivity contribution in [3.05, 3.63) is 53.1 Å². The summed E-state index contributed by atoms with van der Waals surface area (Å²) < 4.78 is 0. The summed E-state index contributed by atoms with van der Waals surface area (Å²) in [4.78, 5) is 36.4. The lowest BCUT2D eigenvalue weighted by atomic mass is 10.1. The second kappa shape index (κ2) is 10.9. The van der Waals surface area contributed by atoms with Crippen molar-refractivity contribution in [1.82, 2.24) is 20.2 Å². The summed E-state index contributed by atoms with van der Waals surface area (Å²) in [5.41, 5.74) is 2.40. The van der Waals surface area contributed by atoms with Crippen LogP contribution in [0.2, 0.25) is 0 Å². The first kappa shape index (κ1) is 23.5. The highest BCUT2D eigenvalue weighted by Gasteiger charge is 2.30. The van der Waals surface area contributed by atoms with Crippen LogP contribution < -0.4 is 21.1 Å². The zero-order valence-corrected chi connectivity index (χ0v) is 19.4. The third kappa shape index (κ3) is 5.76. The van der Waals surface area contributed by atoms with Gasteiger partial charge in [-0.2, -0.15) is 0 Å². The lowest BCUT2D eigenvalue weighted by Crippen LogP contribution is -2.41. The van der Waals surface area contributed by atoms with Gasteiger partial charge in [-0.1, -0.05) is 19.9 Å². The Kier molecular flexibility index (Phi) is 8.05. The lowest BCUT2D eigenvalue weighted by Gasteiger charge is -2.29. The monoisotopic (exact) mass is 438 g/mol. The predicted octanol–water partition coefficient (Wildman–Crippen LogP) is 2.46. The fraction of sp³-hybridized carbons (Fsp3) is 0.458. The first-order valence-corrected chi connectivity index (χ1v) is 11.2. The topological polar surface area (TPSA) is 93.4 Å². The molecule has 2 aromatic heterocycles. The molecule has 1 fully saturated rings. The highest BCUT2D eigenvalue weighted by atomic mass is 16.2. The van der Waals surface area contributed by atoms with E-state index in [9.17, 15) is 9.59 Å². The number of hydrogen-bond acceptors (Lipinski definition) is 6. The van der Waals surface area contributed by atoms with Crippen molar-refractivity contribution in [2.75, 3.05) is 43.4 Å². The maximum Gasteiger partial charge on any atom is 0.271 e. The van der Waals surface area contributed by atoms with Crippen molar-refractivity contribution >= 4 is 17.4 Å². The molecule has 32 heavy (non-hydrogen) atoms. The van der Waals surface area contributed by atoms with Crippen molar-refractivity contribution in [1.29, 1.82) is 0 Å². The molecule has 1 aliphatic rings. The molecule has 0 saturated carbocycles. The van der Waals surface area contributed by atoms with Crippen LogP contribution in [0.25, 0.3) is 11.1 Å². The number of amides is 1. The summed E-state index contributed by atoms with van der Waals surface area (Å²) in [6, 6.07) is 6.29. The molecule has 8 nitrogen and oxygen atoms in total. The molecular formula is C24H34N6O2. The SMILES string of the molecule is CCN(c1cc(-c2ccnc(NC)c2)c[nH]c1=O)[C@@H]1CCN(C(=O)C=CCNC(C)C)C1. The van der Waals surface area contributed by atoms with Gasteiger partial charge >= 0.3 is 0 Å². The van der Waals surface area contributed by atoms with E-state index in [1.54, 1.807) is 18.5 Å². The van der Waals surface area contributed by atoms with Crippen LogP contribution in [0, 0.1) is 0 Å². The molecule has 0 unspecified atom stereocenters. The summed E-state index contributed by atoms with van der Waals surface area (Å²) in [7, 11) is 1.83. The molecule has 3 N–H and O–H groups in total. The number of likely N-dealkylation sites (tertiary alicyclic amines) is 1. The second-order valence-corrected chi connectivity index (χ2v) is 8.26. The van der Waals surface area contributed by atoms with Crippen molar-refractivity contribution in [3.8, 4) is 11.1 Å². The standard InChI is InChI=1S/C24H34N6O2/c1-5-30(20-9-12-29(16-20)23(31)7-6-10-26-17(2)3)21-13-19(15-28-24(21)32)18-8-11-27-22(14-18)25-4/h6-8,11,13-15,17,20,26H,5,9-10,12,16H2,1-4H3,(H,25,27)(H,28,32)/t20-/m1/s1. The number of hydrogen-bond donors (Lipinski definition) is 3. The van der Waals surface area contributed by atoms with Crippen LogP contribution >= 0.6 is 0 Å². The number of pyridine rings is 2. The minimum atomic E-state index is -0.122. The van der Waals surface area contributed by atoms with Crippen LogP contribution in [-0.2, 0) is 4.79 Å². The van der Waals surface area contributed by atoms with Crippen molar-refractivity contribution in [3.63, 3.8) is 0 Å². The molecular weight excluding hydrogens is 404 g/mol. The highest BCUT2D eigenvalue weighted by molar-refractivity contribution is 5.88. The Morgan fingerprint density at radius 3 is 2.91 bits per heavy atom. The summed E-state index contributed by atoms with van der Waals surface area (Å²) >= 11 is 0. The molecule has 0 spiro atoms. The molecule has 1 aliphatic heterocycles. The number of carbonyl (C=O) groups is 1. The van der Waals surface area contributed by atoms with Crippen molar-refractivity contribution in [2.45, 2.75) is 39.3 Å². The molecule has 1 atom stereocenters. The number of anilines is 2. The maximum absolute atomic E-state index is 12.7. The van der Waals surface area contributed by atoms with E-state index >= 15 is 0 Å². The molecule has 1 amide bonds. The zero-order valence-electron chi connectivity index (χ0n) is 19.4. The van der Waals surface area contributed by atoms with E-state index < -0.39 is 0 Å². The number of likely N-dealkylation sites (N-methyl/N-ethyl adjacent to an activating group) is 1. The number of carbonyl (C=O) groups excluding carboxylic acids is 1. The van der Waals surface area contributed by atoms with Gasteiger partial charge in [-0.25, -0.2) is 4.98 Å². The average Bonchev–Trinajstić information content (AvgIpc) is 3.28. The van der Waals surface area contributed by atoms with E-state index in [1.807, 2.05) is 43.1 Å². The van der Waals surface area contributed by atoms with Gasteiger partial charge in [0, 0.05) is 69.3 Å². The third-order valence-corrected chi connectivity index (χ3v) is 5.70. The van der Waals surface area contributed by atoms with E-state index in [0.29, 0.717) is 37.9 Å². The second-order valence-electron chi connectivity index (χ2n) is 8.26. The quantitative estimate of drug-likeness (QED) is 0.521. The minimum Gasteiger partial charge on any atom is -0.373 e. The Hall–Kier alpha value is -3.13. The number of H-pyrrole nitrogens is 1. The molecule has 2 aromatic rings. The Morgan fingerprint density at radius 2 is 2.19 bits per heavy atom. The van der Waals surface area contributed by atoms with Gasteiger partial charge in [-0.3, -0.25) is 9.59 Å². The smallest absolute Gasteiger partial charge is 0.271 e. The van der Waals surface area contributed by atoms with Gasteiger partial charge in [0.2, 0.25) is 5.91 Å². The molecule has 3 rings (SSSR count). The number of rotatable bonds is 9. The summed E-state index contributed by atoms with van der Waals surface area (Å²) in [5.74, 6) is 0.789. The number of nitrogens with zero attached hydrogens (tertiary/aromatic N) is 3. The molecule has 0 aromatic carbocycles. The maximum atomic E-state index is 12.7. The van der Waals surface area contributed by atoms with Gasteiger partial charge in [0.05, 0.1) is 0 Å². The minimum absolute atomic E-state index is 0.0214. The van der Waals surface area contributed by atoms with E-state index in [2.05, 4.69) is 39.3 Å². The molecule has 0 radical (unpaired) electrons. The summed E-state index contributed by atoms with van der Waals surface area (Å²) in [6.07, 6.45) is 7.82.